The third-order valence-corrected chi connectivity index (χ3v) is 8.59. The molecule has 15 heteroatoms. The number of nitrogen functional groups attached to an aromatic ring is 1. The average Bonchev–Trinajstić information content (AvgIpc) is 3.31. The Morgan fingerprint density at radius 3 is 2.00 bits per heavy atom. The highest BCUT2D eigenvalue weighted by Gasteiger charge is 2.45. The van der Waals surface area contributed by atoms with Crippen LogP contribution in [-0.4, -0.2) is 42.5 Å². The molecule has 1 fully saturated rings. The number of aromatic nitrogens is 4. The van der Waals surface area contributed by atoms with Crippen LogP contribution in [0.2, 0.25) is 0 Å². The Morgan fingerprint density at radius 1 is 0.875 bits per heavy atom. The van der Waals surface area contributed by atoms with Crippen LogP contribution in [0.5, 0.6) is 11.5 Å². The number of anilines is 1. The highest BCUT2D eigenvalue weighted by atomic mass is 31.2. The fourth-order valence-corrected chi connectivity index (χ4v) is 6.16. The van der Waals surface area contributed by atoms with Gasteiger partial charge in [-0.3, -0.25) is 18.8 Å². The maximum Gasteiger partial charge on any atom is 0.527 e. The number of rotatable bonds is 11. The zero-order chi connectivity index (χ0) is 28.5. The maximum atomic E-state index is 12.7. The van der Waals surface area contributed by atoms with Crippen molar-refractivity contribution in [3.8, 4) is 11.5 Å². The van der Waals surface area contributed by atoms with Gasteiger partial charge in [-0.2, -0.15) is 0 Å². The van der Waals surface area contributed by atoms with E-state index in [0.717, 1.165) is 11.1 Å². The van der Waals surface area contributed by atoms with Crippen LogP contribution in [0.15, 0.2) is 61.2 Å². The molecule has 1 aliphatic carbocycles. The molecule has 13 nitrogen and oxygen atoms in total. The van der Waals surface area contributed by atoms with Gasteiger partial charge >= 0.3 is 15.6 Å². The Morgan fingerprint density at radius 2 is 1.43 bits per heavy atom. The quantitative estimate of drug-likeness (QED) is 0.207. The number of imidazole rings is 1. The highest BCUT2D eigenvalue weighted by Crippen LogP contribution is 2.52. The highest BCUT2D eigenvalue weighted by molar-refractivity contribution is 7.48. The van der Waals surface area contributed by atoms with Crippen molar-refractivity contribution < 1.29 is 37.0 Å². The fourth-order valence-electron chi connectivity index (χ4n) is 4.54. The molecule has 1 saturated carbocycles. The zero-order valence-electron chi connectivity index (χ0n) is 21.7. The van der Waals surface area contributed by atoms with Gasteiger partial charge in [-0.15, -0.1) is 0 Å². The summed E-state index contributed by atoms with van der Waals surface area (Å²) in [7, 11) is -8.93. The van der Waals surface area contributed by atoms with E-state index in [4.69, 9.17) is 23.8 Å². The molecule has 0 spiro atoms. The minimum absolute atomic E-state index is 0.164. The third kappa shape index (κ3) is 6.52. The summed E-state index contributed by atoms with van der Waals surface area (Å²) < 4.78 is 48.2. The summed E-state index contributed by atoms with van der Waals surface area (Å²) >= 11 is 0. The lowest BCUT2D eigenvalue weighted by Crippen LogP contribution is -2.43. The van der Waals surface area contributed by atoms with E-state index in [2.05, 4.69) is 15.0 Å². The largest absolute Gasteiger partial charge is 0.527 e. The number of hydrogen-bond acceptors (Lipinski definition) is 10. The lowest BCUT2D eigenvalue weighted by atomic mass is 9.70. The first-order valence-electron chi connectivity index (χ1n) is 12.4. The molecular formula is C25H29N5O8P2. The minimum atomic E-state index is -4.49. The molecular weight excluding hydrogens is 560 g/mol. The Balaban J connectivity index is 1.30. The summed E-state index contributed by atoms with van der Waals surface area (Å²) in [5.41, 5.74) is 8.76. The summed E-state index contributed by atoms with van der Waals surface area (Å²) in [6.45, 7) is 3.39. The van der Waals surface area contributed by atoms with Crippen molar-refractivity contribution in [3.05, 3.63) is 72.3 Å². The molecule has 40 heavy (non-hydrogen) atoms. The second-order valence-electron chi connectivity index (χ2n) is 9.65. The van der Waals surface area contributed by atoms with Gasteiger partial charge in [0.1, 0.15) is 23.3 Å². The molecule has 4 aromatic rings. The topological polar surface area (TPSA) is 181 Å². The van der Waals surface area contributed by atoms with Gasteiger partial charge in [0, 0.05) is 12.0 Å². The molecule has 5 atom stereocenters. The van der Waals surface area contributed by atoms with Gasteiger partial charge in [0.25, 0.3) is 0 Å². The fraction of sp³-hybridized carbons (Fsp3) is 0.320. The minimum Gasteiger partial charge on any atom is -0.404 e. The predicted octanol–water partition coefficient (Wildman–Crippen LogP) is 4.59. The van der Waals surface area contributed by atoms with E-state index in [1.165, 1.54) is 6.33 Å². The van der Waals surface area contributed by atoms with Crippen LogP contribution in [0.3, 0.4) is 0 Å². The van der Waals surface area contributed by atoms with Gasteiger partial charge in [-0.1, -0.05) is 35.4 Å². The Bertz CT molecular complexity index is 1580. The molecule has 0 saturated heterocycles. The number of nitrogens with two attached hydrogens (primary N) is 1. The number of aryl methyl sites for hydroxylation is 2. The number of phosphoric acid groups is 2. The zero-order valence-corrected chi connectivity index (χ0v) is 23.5. The number of nitrogens with zero attached hydrogens (tertiary/aromatic N) is 4. The van der Waals surface area contributed by atoms with E-state index >= 15 is 0 Å². The van der Waals surface area contributed by atoms with Crippen LogP contribution in [0.25, 0.3) is 11.2 Å². The molecule has 1 aliphatic rings. The molecule has 5 rings (SSSR count). The van der Waals surface area contributed by atoms with E-state index in [0.29, 0.717) is 17.6 Å². The lowest BCUT2D eigenvalue weighted by Gasteiger charge is -2.45. The summed E-state index contributed by atoms with van der Waals surface area (Å²) in [5.74, 6) is -0.169. The van der Waals surface area contributed by atoms with E-state index in [1.54, 1.807) is 59.4 Å². The molecule has 0 amide bonds. The third-order valence-electron chi connectivity index (χ3n) is 6.75. The summed E-state index contributed by atoms with van der Waals surface area (Å²) in [4.78, 5) is 33.2. The van der Waals surface area contributed by atoms with Gasteiger partial charge in [0.2, 0.25) is 0 Å². The molecule has 2 unspecified atom stereocenters. The van der Waals surface area contributed by atoms with Gasteiger partial charge < -0.3 is 19.3 Å². The van der Waals surface area contributed by atoms with E-state index in [1.807, 2.05) is 13.8 Å². The molecule has 2 aromatic heterocycles. The normalized spacial score (nSPS) is 21.8. The Hall–Kier alpha value is -3.31. The molecule has 212 valence electrons. The second-order valence-corrected chi connectivity index (χ2v) is 12.4. The summed E-state index contributed by atoms with van der Waals surface area (Å²) in [5, 5.41) is 0. The van der Waals surface area contributed by atoms with Gasteiger partial charge in [0.15, 0.2) is 11.5 Å². The Labute approximate surface area is 230 Å². The van der Waals surface area contributed by atoms with Crippen molar-refractivity contribution in [2.75, 3.05) is 18.9 Å². The smallest absolute Gasteiger partial charge is 0.404 e. The monoisotopic (exact) mass is 589 g/mol. The molecule has 0 bridgehead atoms. The van der Waals surface area contributed by atoms with Gasteiger partial charge in [-0.25, -0.2) is 24.1 Å². The number of phosphoric ester groups is 2. The number of fused-ring (bicyclic) bond motifs is 1. The summed E-state index contributed by atoms with van der Waals surface area (Å²) in [6.07, 6.45) is 3.36. The maximum absolute atomic E-state index is 12.7. The van der Waals surface area contributed by atoms with E-state index < -0.39 is 21.6 Å². The molecule has 0 radical (unpaired) electrons. The average molecular weight is 589 g/mol. The van der Waals surface area contributed by atoms with Crippen molar-refractivity contribution in [1.82, 2.24) is 19.5 Å². The van der Waals surface area contributed by atoms with Crippen LogP contribution < -0.4 is 14.8 Å². The molecule has 0 aliphatic heterocycles. The van der Waals surface area contributed by atoms with Crippen molar-refractivity contribution in [2.45, 2.75) is 26.3 Å². The van der Waals surface area contributed by atoms with Crippen LogP contribution in [-0.2, 0) is 18.2 Å². The molecule has 2 heterocycles. The van der Waals surface area contributed by atoms with Gasteiger partial charge in [-0.05, 0) is 50.5 Å². The van der Waals surface area contributed by atoms with Crippen LogP contribution in [0.4, 0.5) is 5.82 Å². The van der Waals surface area contributed by atoms with Crippen molar-refractivity contribution in [1.29, 1.82) is 0 Å². The summed E-state index contributed by atoms with van der Waals surface area (Å²) in [6, 6.07) is 13.0. The van der Waals surface area contributed by atoms with Crippen LogP contribution >= 0.6 is 15.6 Å². The molecule has 2 aromatic carbocycles. The lowest BCUT2D eigenvalue weighted by molar-refractivity contribution is -0.00444. The first kappa shape index (κ1) is 28.2. The standard InChI is InChI=1S/C25H29N5O8P2/c1-16-3-7-19(8-4-16)37-39(31,32)35-12-18-11-22(30-15-29-23-24(26)27-14-28-25(23)30)21(18)13-36-40(33,34)38-20-9-5-17(2)6-10-20/h3-10,14-15,18,21-22H,11-13H2,1-2H3,(H,31,32)(H,33,34)(H2,26,27,28)/t18-,21-,22-/m1/s1. The predicted molar refractivity (Wildman–Crippen MR) is 146 cm³/mol. The van der Waals surface area contributed by atoms with Crippen molar-refractivity contribution >= 4 is 32.6 Å². The first-order chi connectivity index (χ1) is 19.0. The number of benzene rings is 2. The van der Waals surface area contributed by atoms with Crippen LogP contribution in [0.1, 0.15) is 23.6 Å². The van der Waals surface area contributed by atoms with Crippen molar-refractivity contribution in [3.63, 3.8) is 0 Å². The van der Waals surface area contributed by atoms with Crippen molar-refractivity contribution in [2.24, 2.45) is 11.8 Å². The van der Waals surface area contributed by atoms with Crippen LogP contribution in [0, 0.1) is 25.7 Å². The van der Waals surface area contributed by atoms with Gasteiger partial charge in [0.05, 0.1) is 19.5 Å². The van der Waals surface area contributed by atoms with E-state index in [9.17, 15) is 18.9 Å². The molecule has 4 N–H and O–H groups in total. The number of hydrogen-bond donors (Lipinski definition) is 3. The Kier molecular flexibility index (Phi) is 7.96. The SMILES string of the molecule is Cc1ccc(OP(=O)(O)OC[C@H]2C[C@@H](n3cnc4c(N)ncnc43)[C@@H]2COP(=O)(O)Oc2ccc(C)cc2)cc1. The van der Waals surface area contributed by atoms with E-state index in [-0.39, 0.29) is 42.5 Å². The first-order valence-corrected chi connectivity index (χ1v) is 15.4. The second kappa shape index (κ2) is 11.3.